The van der Waals surface area contributed by atoms with E-state index >= 15 is 0 Å². The Kier molecular flexibility index (Phi) is 4.75. The maximum Gasteiger partial charge on any atom is 0.270 e. The molecule has 0 saturated heterocycles. The fourth-order valence-corrected chi connectivity index (χ4v) is 3.00. The lowest BCUT2D eigenvalue weighted by molar-refractivity contribution is 0.0952. The second-order valence-corrected chi connectivity index (χ2v) is 6.97. The Balaban J connectivity index is 1.53. The van der Waals surface area contributed by atoms with Crippen LogP contribution in [0.4, 0.5) is 0 Å². The van der Waals surface area contributed by atoms with Crippen molar-refractivity contribution in [2.24, 2.45) is 5.92 Å². The summed E-state index contributed by atoms with van der Waals surface area (Å²) in [6.45, 7) is 5.77. The van der Waals surface area contributed by atoms with E-state index in [1.807, 2.05) is 32.2 Å². The quantitative estimate of drug-likeness (QED) is 0.696. The number of pyridine rings is 2. The number of ether oxygens (including phenoxy) is 1. The van der Waals surface area contributed by atoms with Gasteiger partial charge in [-0.3, -0.25) is 19.4 Å². The van der Waals surface area contributed by atoms with Gasteiger partial charge in [-0.2, -0.15) is 5.10 Å². The van der Waals surface area contributed by atoms with Crippen LogP contribution < -0.4 is 10.1 Å². The maximum absolute atomic E-state index is 12.2. The summed E-state index contributed by atoms with van der Waals surface area (Å²) >= 11 is 0. The van der Waals surface area contributed by atoms with E-state index in [0.717, 1.165) is 34.5 Å². The summed E-state index contributed by atoms with van der Waals surface area (Å²) < 4.78 is 7.63. The summed E-state index contributed by atoms with van der Waals surface area (Å²) in [7, 11) is 0. The number of aromatic nitrogens is 4. The molecule has 0 radical (unpaired) electrons. The van der Waals surface area contributed by atoms with E-state index in [9.17, 15) is 4.79 Å². The van der Waals surface area contributed by atoms with Crippen molar-refractivity contribution >= 4 is 16.8 Å². The molecular formula is C20H23N5O2. The SMILES string of the molecule is CCNC(=O)c1nccc2nn(Cc3cc(C)c(OCC4CC4)cn3)cc12. The van der Waals surface area contributed by atoms with Gasteiger partial charge in [0, 0.05) is 18.9 Å². The zero-order chi connectivity index (χ0) is 18.8. The number of rotatable bonds is 7. The fraction of sp³-hybridized carbons (Fsp3) is 0.400. The predicted molar refractivity (Wildman–Crippen MR) is 102 cm³/mol. The number of carbonyl (C=O) groups excluding carboxylic acids is 1. The molecule has 1 aliphatic rings. The van der Waals surface area contributed by atoms with E-state index in [0.29, 0.717) is 24.7 Å². The van der Waals surface area contributed by atoms with Crippen LogP contribution in [0.25, 0.3) is 10.9 Å². The zero-order valence-electron chi connectivity index (χ0n) is 15.6. The summed E-state index contributed by atoms with van der Waals surface area (Å²) in [5.74, 6) is 1.38. The molecule has 3 heterocycles. The van der Waals surface area contributed by atoms with Crippen LogP contribution in [-0.2, 0) is 6.54 Å². The van der Waals surface area contributed by atoms with Crippen LogP contribution >= 0.6 is 0 Å². The van der Waals surface area contributed by atoms with Gasteiger partial charge in [-0.1, -0.05) is 0 Å². The minimum absolute atomic E-state index is 0.186. The molecular weight excluding hydrogens is 342 g/mol. The van der Waals surface area contributed by atoms with Crippen molar-refractivity contribution in [2.45, 2.75) is 33.2 Å². The van der Waals surface area contributed by atoms with Gasteiger partial charge in [0.1, 0.15) is 11.4 Å². The Morgan fingerprint density at radius 3 is 2.96 bits per heavy atom. The van der Waals surface area contributed by atoms with Crippen molar-refractivity contribution < 1.29 is 9.53 Å². The van der Waals surface area contributed by atoms with Crippen molar-refractivity contribution in [2.75, 3.05) is 13.2 Å². The Bertz CT molecular complexity index is 978. The normalized spacial score (nSPS) is 13.7. The molecule has 0 unspecified atom stereocenters. The number of nitrogens with one attached hydrogen (secondary N) is 1. The largest absolute Gasteiger partial charge is 0.491 e. The fourth-order valence-electron chi connectivity index (χ4n) is 3.00. The van der Waals surface area contributed by atoms with E-state index in [4.69, 9.17) is 4.74 Å². The minimum Gasteiger partial charge on any atom is -0.491 e. The summed E-state index contributed by atoms with van der Waals surface area (Å²) in [5, 5.41) is 8.08. The predicted octanol–water partition coefficient (Wildman–Crippen LogP) is 2.72. The molecule has 1 saturated carbocycles. The molecule has 1 aliphatic carbocycles. The van der Waals surface area contributed by atoms with E-state index in [1.165, 1.54) is 12.8 Å². The molecule has 1 amide bonds. The molecule has 0 atom stereocenters. The third kappa shape index (κ3) is 3.92. The average molecular weight is 365 g/mol. The topological polar surface area (TPSA) is 81.9 Å². The molecule has 0 aromatic carbocycles. The molecule has 7 nitrogen and oxygen atoms in total. The van der Waals surface area contributed by atoms with Crippen LogP contribution in [0.1, 0.15) is 41.5 Å². The van der Waals surface area contributed by atoms with Gasteiger partial charge in [0.05, 0.1) is 35.9 Å². The van der Waals surface area contributed by atoms with E-state index in [2.05, 4.69) is 20.4 Å². The summed E-state index contributed by atoms with van der Waals surface area (Å²) in [6.07, 6.45) is 7.78. The first-order chi connectivity index (χ1) is 13.1. The molecule has 4 rings (SSSR count). The van der Waals surface area contributed by atoms with Gasteiger partial charge in [0.25, 0.3) is 5.91 Å². The Morgan fingerprint density at radius 1 is 1.37 bits per heavy atom. The number of amides is 1. The summed E-state index contributed by atoms with van der Waals surface area (Å²) in [5.41, 5.74) is 3.11. The van der Waals surface area contributed by atoms with Gasteiger partial charge in [-0.25, -0.2) is 0 Å². The van der Waals surface area contributed by atoms with Crippen molar-refractivity contribution in [3.05, 3.63) is 47.7 Å². The first-order valence-corrected chi connectivity index (χ1v) is 9.32. The standard InChI is InChI=1S/C20H23N5O2/c1-3-21-20(26)19-16-11-25(24-17(16)6-7-22-19)10-15-8-13(2)18(9-23-15)27-12-14-4-5-14/h6-9,11,14H,3-5,10,12H2,1-2H3,(H,21,26). The first-order valence-electron chi connectivity index (χ1n) is 9.32. The van der Waals surface area contributed by atoms with Crippen molar-refractivity contribution in [1.29, 1.82) is 0 Å². The minimum atomic E-state index is -0.186. The number of hydrogen-bond donors (Lipinski definition) is 1. The molecule has 7 heteroatoms. The third-order valence-corrected chi connectivity index (χ3v) is 4.65. The molecule has 0 aliphatic heterocycles. The monoisotopic (exact) mass is 365 g/mol. The van der Waals surface area contributed by atoms with Crippen molar-refractivity contribution in [3.8, 4) is 5.75 Å². The van der Waals surface area contributed by atoms with Crippen LogP contribution in [0.15, 0.2) is 30.7 Å². The number of nitrogens with zero attached hydrogens (tertiary/aromatic N) is 4. The lowest BCUT2D eigenvalue weighted by Gasteiger charge is -2.09. The van der Waals surface area contributed by atoms with Crippen LogP contribution in [0, 0.1) is 12.8 Å². The molecule has 0 bridgehead atoms. The van der Waals surface area contributed by atoms with Crippen LogP contribution in [-0.4, -0.2) is 38.8 Å². The van der Waals surface area contributed by atoms with Gasteiger partial charge >= 0.3 is 0 Å². The van der Waals surface area contributed by atoms with Crippen LogP contribution in [0.5, 0.6) is 5.75 Å². The van der Waals surface area contributed by atoms with Crippen molar-refractivity contribution in [3.63, 3.8) is 0 Å². The highest BCUT2D eigenvalue weighted by atomic mass is 16.5. The Morgan fingerprint density at radius 2 is 2.22 bits per heavy atom. The maximum atomic E-state index is 12.2. The number of hydrogen-bond acceptors (Lipinski definition) is 5. The van der Waals surface area contributed by atoms with Crippen molar-refractivity contribution in [1.82, 2.24) is 25.1 Å². The molecule has 1 N–H and O–H groups in total. The average Bonchev–Trinajstić information content (AvgIpc) is 3.38. The Hall–Kier alpha value is -2.96. The van der Waals surface area contributed by atoms with Gasteiger partial charge in [-0.15, -0.1) is 0 Å². The van der Waals surface area contributed by atoms with E-state index < -0.39 is 0 Å². The zero-order valence-corrected chi connectivity index (χ0v) is 15.6. The molecule has 3 aromatic heterocycles. The molecule has 1 fully saturated rings. The number of aryl methyl sites for hydroxylation is 1. The smallest absolute Gasteiger partial charge is 0.270 e. The van der Waals surface area contributed by atoms with Gasteiger partial charge < -0.3 is 10.1 Å². The lowest BCUT2D eigenvalue weighted by atomic mass is 10.2. The molecule has 140 valence electrons. The lowest BCUT2D eigenvalue weighted by Crippen LogP contribution is -2.23. The second-order valence-electron chi connectivity index (χ2n) is 6.97. The van der Waals surface area contributed by atoms with E-state index in [1.54, 1.807) is 17.1 Å². The highest BCUT2D eigenvalue weighted by Crippen LogP contribution is 2.30. The highest BCUT2D eigenvalue weighted by molar-refractivity contribution is 6.04. The second kappa shape index (κ2) is 7.34. The highest BCUT2D eigenvalue weighted by Gasteiger charge is 2.22. The van der Waals surface area contributed by atoms with Gasteiger partial charge in [0.2, 0.25) is 0 Å². The molecule has 27 heavy (non-hydrogen) atoms. The van der Waals surface area contributed by atoms with Crippen LogP contribution in [0.2, 0.25) is 0 Å². The van der Waals surface area contributed by atoms with Crippen LogP contribution in [0.3, 0.4) is 0 Å². The molecule has 0 spiro atoms. The Labute approximate surface area is 157 Å². The number of carbonyl (C=O) groups is 1. The summed E-state index contributed by atoms with van der Waals surface area (Å²) in [4.78, 5) is 20.9. The first kappa shape index (κ1) is 17.5. The molecule has 3 aromatic rings. The van der Waals surface area contributed by atoms with E-state index in [-0.39, 0.29) is 5.91 Å². The summed E-state index contributed by atoms with van der Waals surface area (Å²) in [6, 6.07) is 3.83. The third-order valence-electron chi connectivity index (χ3n) is 4.65. The number of fused-ring (bicyclic) bond motifs is 1. The van der Waals surface area contributed by atoms with Gasteiger partial charge in [-0.05, 0) is 50.3 Å². The van der Waals surface area contributed by atoms with Gasteiger partial charge in [0.15, 0.2) is 0 Å².